The van der Waals surface area contributed by atoms with Gasteiger partial charge in [0.15, 0.2) is 17.6 Å². The molecule has 3 unspecified atom stereocenters. The zero-order chi connectivity index (χ0) is 18.5. The Morgan fingerprint density at radius 3 is 2.23 bits per heavy atom. The fourth-order valence-electron chi connectivity index (χ4n) is 2.81. The molecule has 3 atom stereocenters. The van der Waals surface area contributed by atoms with Crippen molar-refractivity contribution in [3.05, 3.63) is 41.5 Å². The molecule has 0 radical (unpaired) electrons. The third-order valence-corrected chi connectivity index (χ3v) is 5.06. The molecule has 1 aliphatic heterocycles. The van der Waals surface area contributed by atoms with E-state index in [2.05, 4.69) is 0 Å². The van der Waals surface area contributed by atoms with Gasteiger partial charge in [0.05, 0.1) is 5.56 Å². The Labute approximate surface area is 170 Å². The van der Waals surface area contributed by atoms with Crippen LogP contribution in [0.3, 0.4) is 0 Å². The van der Waals surface area contributed by atoms with Gasteiger partial charge in [-0.3, -0.25) is 4.55 Å². The summed E-state index contributed by atoms with van der Waals surface area (Å²) in [4.78, 5) is 0. The van der Waals surface area contributed by atoms with Crippen molar-refractivity contribution in [3.63, 3.8) is 0 Å². The van der Waals surface area contributed by atoms with Crippen LogP contribution in [0.5, 0.6) is 28.7 Å². The van der Waals surface area contributed by atoms with Crippen LogP contribution in [0.25, 0.3) is 0 Å². The first-order valence-electron chi connectivity index (χ1n) is 6.96. The molecule has 0 saturated carbocycles. The van der Waals surface area contributed by atoms with Crippen LogP contribution in [0, 0.1) is 0 Å². The van der Waals surface area contributed by atoms with Crippen molar-refractivity contribution >= 4 is 10.1 Å². The minimum absolute atomic E-state index is 0. The van der Waals surface area contributed by atoms with Crippen molar-refractivity contribution in [1.29, 1.82) is 0 Å². The van der Waals surface area contributed by atoms with Crippen LogP contribution < -0.4 is 39.4 Å². The number of rotatable bonds is 2. The molecule has 1 heterocycles. The Balaban J connectivity index is 0.00000243. The second kappa shape index (κ2) is 7.14. The van der Waals surface area contributed by atoms with Gasteiger partial charge in [-0.1, -0.05) is 6.07 Å². The predicted octanol–water partition coefficient (Wildman–Crippen LogP) is -2.70. The molecule has 0 spiro atoms. The van der Waals surface area contributed by atoms with Crippen molar-refractivity contribution in [2.75, 3.05) is 0 Å². The molecule has 0 saturated heterocycles. The van der Waals surface area contributed by atoms with Gasteiger partial charge < -0.3 is 30.3 Å². The second-order valence-corrected chi connectivity index (χ2v) is 7.10. The van der Waals surface area contributed by atoms with Crippen molar-refractivity contribution < 1.29 is 72.8 Å². The monoisotopic (exact) mass is 392 g/mol. The topological polar surface area (TPSA) is 168 Å². The smallest absolute Gasteiger partial charge is 0.872 e. The summed E-state index contributed by atoms with van der Waals surface area (Å²) in [5.41, 5.74) is -0.355. The summed E-state index contributed by atoms with van der Waals surface area (Å²) in [5.74, 6) is -2.72. The van der Waals surface area contributed by atoms with Crippen LogP contribution in [-0.4, -0.2) is 39.5 Å². The van der Waals surface area contributed by atoms with E-state index >= 15 is 0 Å². The van der Waals surface area contributed by atoms with E-state index in [0.29, 0.717) is 0 Å². The first-order valence-corrected chi connectivity index (χ1v) is 8.46. The number of aromatic hydroxyl groups is 3. The largest absolute Gasteiger partial charge is 1.00 e. The van der Waals surface area contributed by atoms with Crippen LogP contribution in [0.2, 0.25) is 0 Å². The van der Waals surface area contributed by atoms with Gasteiger partial charge in [-0.25, -0.2) is 0 Å². The molecular formula is C15H13NaO9S. The molecule has 0 fully saturated rings. The molecule has 134 valence electrons. The Morgan fingerprint density at radius 2 is 1.65 bits per heavy atom. The predicted molar refractivity (Wildman–Crippen MR) is 81.0 cm³/mol. The molecule has 5 N–H and O–H groups in total. The molecule has 0 aliphatic carbocycles. The van der Waals surface area contributed by atoms with E-state index in [-0.39, 0.29) is 40.9 Å². The molecule has 1 aliphatic rings. The van der Waals surface area contributed by atoms with Crippen LogP contribution in [-0.2, 0) is 10.1 Å². The Morgan fingerprint density at radius 1 is 1.00 bits per heavy atom. The Bertz CT molecular complexity index is 944. The molecule has 2 aromatic carbocycles. The van der Waals surface area contributed by atoms with Gasteiger partial charge in [-0.2, -0.15) is 8.42 Å². The minimum atomic E-state index is -4.89. The van der Waals surface area contributed by atoms with Gasteiger partial charge in [0.1, 0.15) is 22.9 Å². The number of phenolic OH excluding ortho intramolecular Hbond substituents is 3. The normalized spacial score (nSPS) is 22.0. The van der Waals surface area contributed by atoms with Gasteiger partial charge in [-0.15, -0.1) is 5.75 Å². The molecular weight excluding hydrogens is 379 g/mol. The summed E-state index contributed by atoms with van der Waals surface area (Å²) >= 11 is 0. The number of aliphatic hydroxyl groups excluding tert-OH is 1. The minimum Gasteiger partial charge on any atom is -0.872 e. The molecule has 3 rings (SSSR count). The van der Waals surface area contributed by atoms with E-state index in [9.17, 15) is 38.5 Å². The first kappa shape index (κ1) is 20.6. The van der Waals surface area contributed by atoms with Gasteiger partial charge in [0, 0.05) is 0 Å². The zero-order valence-electron chi connectivity index (χ0n) is 13.4. The summed E-state index contributed by atoms with van der Waals surface area (Å²) in [7, 11) is -4.89. The molecule has 0 bridgehead atoms. The number of phenols is 3. The number of hydrogen-bond acceptors (Lipinski definition) is 8. The van der Waals surface area contributed by atoms with E-state index < -0.39 is 56.1 Å². The quantitative estimate of drug-likeness (QED) is 0.208. The summed E-state index contributed by atoms with van der Waals surface area (Å²) in [5, 5.41) is 48.8. The fourth-order valence-corrected chi connectivity index (χ4v) is 3.84. The number of hydrogen-bond donors (Lipinski definition) is 5. The third kappa shape index (κ3) is 3.56. The third-order valence-electron chi connectivity index (χ3n) is 3.90. The maximum absolute atomic E-state index is 11.8. The van der Waals surface area contributed by atoms with Gasteiger partial charge in [-0.05, 0) is 29.8 Å². The molecule has 0 amide bonds. The average Bonchev–Trinajstić information content (AvgIpc) is 2.49. The van der Waals surface area contributed by atoms with Gasteiger partial charge in [0.2, 0.25) is 0 Å². The fraction of sp³-hybridized carbons (Fsp3) is 0.200. The van der Waals surface area contributed by atoms with E-state index in [4.69, 9.17) is 4.74 Å². The van der Waals surface area contributed by atoms with Crippen molar-refractivity contribution in [1.82, 2.24) is 0 Å². The summed E-state index contributed by atoms with van der Waals surface area (Å²) in [6.45, 7) is 0. The zero-order valence-corrected chi connectivity index (χ0v) is 16.2. The van der Waals surface area contributed by atoms with Crippen molar-refractivity contribution in [2.24, 2.45) is 0 Å². The molecule has 0 aromatic heterocycles. The number of fused-ring (bicyclic) bond motifs is 1. The Hall–Kier alpha value is -1.69. The molecule has 2 aromatic rings. The van der Waals surface area contributed by atoms with E-state index in [1.807, 2.05) is 0 Å². The number of benzene rings is 2. The Kier molecular flexibility index (Phi) is 5.66. The van der Waals surface area contributed by atoms with Crippen molar-refractivity contribution in [2.45, 2.75) is 17.5 Å². The van der Waals surface area contributed by atoms with Gasteiger partial charge >= 0.3 is 29.6 Å². The molecule has 11 heteroatoms. The standard InChI is InChI=1S/C15H14O9S.Na/c16-7-4-10(19)12-11(5-7)24-14(13(20)15(12)25(21,22)23)6-1-2-8(17)9(18)3-6;/h1-5,13-20H,(H,21,22,23);/q;+1/p-1. The maximum Gasteiger partial charge on any atom is 1.00 e. The van der Waals surface area contributed by atoms with Crippen LogP contribution in [0.1, 0.15) is 22.5 Å². The second-order valence-electron chi connectivity index (χ2n) is 5.57. The summed E-state index contributed by atoms with van der Waals surface area (Å²) in [6.07, 6.45) is -3.26. The SMILES string of the molecule is O=S(=O)(O)C1c2c(O)cc([O-])cc2OC(c2ccc(O)c(O)c2)C1O.[Na+]. The van der Waals surface area contributed by atoms with Crippen molar-refractivity contribution in [3.8, 4) is 28.7 Å². The summed E-state index contributed by atoms with van der Waals surface area (Å²) < 4.78 is 38.4. The van der Waals surface area contributed by atoms with Crippen LogP contribution >= 0.6 is 0 Å². The number of ether oxygens (including phenoxy) is 1. The average molecular weight is 392 g/mol. The molecule has 9 nitrogen and oxygen atoms in total. The summed E-state index contributed by atoms with van der Waals surface area (Å²) in [6, 6.07) is 5.04. The van der Waals surface area contributed by atoms with E-state index in [0.717, 1.165) is 24.3 Å². The van der Waals surface area contributed by atoms with E-state index in [1.54, 1.807) is 0 Å². The number of aliphatic hydroxyl groups is 1. The van der Waals surface area contributed by atoms with E-state index in [1.165, 1.54) is 6.07 Å². The molecule has 26 heavy (non-hydrogen) atoms. The van der Waals surface area contributed by atoms with Crippen LogP contribution in [0.15, 0.2) is 30.3 Å². The maximum atomic E-state index is 11.8. The first-order chi connectivity index (χ1) is 11.6. The van der Waals surface area contributed by atoms with Gasteiger partial charge in [0.25, 0.3) is 10.1 Å². The van der Waals surface area contributed by atoms with Crippen LogP contribution in [0.4, 0.5) is 0 Å².